The lowest BCUT2D eigenvalue weighted by atomic mass is 11.2. The van der Waals surface area contributed by atoms with Gasteiger partial charge in [-0.2, -0.15) is 0 Å². The zero-order chi connectivity index (χ0) is 11.7. The maximum Gasteiger partial charge on any atom is 0.668 e. The van der Waals surface area contributed by atoms with Crippen LogP contribution in [-0.2, 0) is 0 Å². The Kier molecular flexibility index (Phi) is 11.8. The molecule has 13 heavy (non-hydrogen) atoms. The molecule has 0 saturated carbocycles. The first-order valence-corrected chi connectivity index (χ1v) is 4.25. The van der Waals surface area contributed by atoms with Crippen LogP contribution in [0.1, 0.15) is 0 Å². The largest absolute Gasteiger partial charge is 0.668 e. The van der Waals surface area contributed by atoms with E-state index in [1.165, 1.54) is 0 Å². The maximum atomic E-state index is 9.00. The summed E-state index contributed by atoms with van der Waals surface area (Å²) in [5.41, 5.74) is 17.0. The van der Waals surface area contributed by atoms with E-state index in [2.05, 4.69) is 22.9 Å². The van der Waals surface area contributed by atoms with Crippen LogP contribution >= 0.6 is 0 Å². The third-order valence-electron chi connectivity index (χ3n) is 0. The molecule has 0 heterocycles. The highest BCUT2D eigenvalue weighted by molar-refractivity contribution is 6.46. The van der Waals surface area contributed by atoms with E-state index in [1.54, 1.807) is 0 Å². The minimum atomic E-state index is -4.61. The van der Waals surface area contributed by atoms with E-state index in [0.29, 0.717) is 0 Å². The number of carbonyl (C=O) groups is 2. The average molecular weight is 216 g/mol. The maximum absolute atomic E-state index is 9.00. The van der Waals surface area contributed by atoms with Gasteiger partial charge in [-0.1, -0.05) is 0 Å². The fraction of sp³-hybridized carbons (Fsp3) is 0. The molecular weight excluding hydrogens is 204 g/mol. The van der Waals surface area contributed by atoms with Gasteiger partial charge in [-0.15, -0.1) is 0 Å². The molecule has 0 aromatic heterocycles. The summed E-state index contributed by atoms with van der Waals surface area (Å²) in [6.07, 6.45) is 0. The summed E-state index contributed by atoms with van der Waals surface area (Å²) >= 11 is 0. The predicted molar refractivity (Wildman–Crippen MR) is 42.2 cm³/mol. The van der Waals surface area contributed by atoms with Crippen molar-refractivity contribution >= 4 is 21.1 Å². The molecule has 11 heteroatoms. The van der Waals surface area contributed by atoms with Crippen molar-refractivity contribution in [3.05, 3.63) is 0 Å². The number of rotatable bonds is 0. The van der Waals surface area contributed by atoms with Crippen LogP contribution in [0.5, 0.6) is 0 Å². The summed E-state index contributed by atoms with van der Waals surface area (Å²) in [6, 6.07) is -1.67. The summed E-state index contributed by atoms with van der Waals surface area (Å²) < 4.78 is 0. The second-order valence-corrected chi connectivity index (χ2v) is 2.60. The SMILES string of the molecule is NC(N)=O.NC(N)=O.O[Si](O)(O)O. The van der Waals surface area contributed by atoms with Crippen molar-refractivity contribution in [2.24, 2.45) is 22.9 Å². The molecule has 0 aromatic rings. The third-order valence-corrected chi connectivity index (χ3v) is 0. The summed E-state index contributed by atoms with van der Waals surface area (Å²) in [5.74, 6) is 0. The highest BCUT2D eigenvalue weighted by Gasteiger charge is 2.22. The summed E-state index contributed by atoms with van der Waals surface area (Å²) in [4.78, 5) is 47.3. The average Bonchev–Trinajstić information content (AvgIpc) is 1.50. The third kappa shape index (κ3) is 398. The lowest BCUT2D eigenvalue weighted by molar-refractivity contribution is 0.117. The minimum absolute atomic E-state index is 0.833. The number of nitrogens with two attached hydrogens (primary N) is 4. The molecule has 0 radical (unpaired) electrons. The number of primary amides is 4. The Morgan fingerprint density at radius 2 is 0.769 bits per heavy atom. The highest BCUT2D eigenvalue weighted by Crippen LogP contribution is 1.67. The molecule has 0 atom stereocenters. The molecule has 0 aliphatic rings. The Hall–Kier alpha value is -1.40. The monoisotopic (exact) mass is 216 g/mol. The molecule has 0 spiro atoms. The Morgan fingerprint density at radius 1 is 0.769 bits per heavy atom. The normalized spacial score (nSPS) is 8.31. The molecule has 10 nitrogen and oxygen atoms in total. The molecule has 0 fully saturated rings. The summed E-state index contributed by atoms with van der Waals surface area (Å²) in [6.45, 7) is 0. The van der Waals surface area contributed by atoms with Crippen LogP contribution in [0, 0.1) is 0 Å². The van der Waals surface area contributed by atoms with E-state index in [9.17, 15) is 0 Å². The highest BCUT2D eigenvalue weighted by atomic mass is 28.4. The smallest absolute Gasteiger partial charge is 0.368 e. The number of urea groups is 2. The van der Waals surface area contributed by atoms with Crippen LogP contribution in [0.2, 0.25) is 0 Å². The summed E-state index contributed by atoms with van der Waals surface area (Å²) in [7, 11) is -4.61. The van der Waals surface area contributed by atoms with Crippen molar-refractivity contribution in [2.45, 2.75) is 0 Å². The summed E-state index contributed by atoms with van der Waals surface area (Å²) in [5, 5.41) is 0. The van der Waals surface area contributed by atoms with E-state index in [0.717, 1.165) is 0 Å². The van der Waals surface area contributed by atoms with Gasteiger partial charge >= 0.3 is 21.1 Å². The Labute approximate surface area is 73.8 Å². The van der Waals surface area contributed by atoms with Gasteiger partial charge in [0.05, 0.1) is 0 Å². The van der Waals surface area contributed by atoms with Gasteiger partial charge in [0.1, 0.15) is 0 Å². The molecule has 0 bridgehead atoms. The molecule has 80 valence electrons. The standard InChI is InChI=1S/2CH4N2O.H4O4Si/c2*2-1(3)4;1-5(2,3)4/h2*(H4,2,3,4);1-4H. The van der Waals surface area contributed by atoms with Crippen LogP contribution in [0.3, 0.4) is 0 Å². The van der Waals surface area contributed by atoms with Crippen molar-refractivity contribution in [1.29, 1.82) is 0 Å². The van der Waals surface area contributed by atoms with Gasteiger partial charge in [-0.25, -0.2) is 9.59 Å². The van der Waals surface area contributed by atoms with Crippen LogP contribution < -0.4 is 22.9 Å². The van der Waals surface area contributed by atoms with Gasteiger partial charge in [0.25, 0.3) is 0 Å². The van der Waals surface area contributed by atoms with Gasteiger partial charge in [0.15, 0.2) is 0 Å². The number of carbonyl (C=O) groups excluding carboxylic acids is 2. The first-order valence-electron chi connectivity index (χ1n) is 2.46. The van der Waals surface area contributed by atoms with Crippen molar-refractivity contribution < 1.29 is 28.8 Å². The minimum Gasteiger partial charge on any atom is -0.368 e. The topological polar surface area (TPSA) is 219 Å². The van der Waals surface area contributed by atoms with Crippen molar-refractivity contribution in [1.82, 2.24) is 0 Å². The van der Waals surface area contributed by atoms with E-state index in [-0.39, 0.29) is 0 Å². The van der Waals surface area contributed by atoms with Crippen molar-refractivity contribution in [3.8, 4) is 0 Å². The Bertz CT molecular complexity index is 129. The van der Waals surface area contributed by atoms with Crippen molar-refractivity contribution in [3.63, 3.8) is 0 Å². The number of hydrogen-bond acceptors (Lipinski definition) is 6. The first-order chi connectivity index (χ1) is 5.46. The molecular formula is C2H12N4O6Si. The molecule has 12 N–H and O–H groups in total. The van der Waals surface area contributed by atoms with Crippen molar-refractivity contribution in [2.75, 3.05) is 0 Å². The van der Waals surface area contributed by atoms with E-state index >= 15 is 0 Å². The molecule has 0 saturated heterocycles. The van der Waals surface area contributed by atoms with Gasteiger partial charge in [0.2, 0.25) is 0 Å². The number of amides is 4. The molecule has 0 aromatic carbocycles. The molecule has 0 aliphatic heterocycles. The quantitative estimate of drug-likeness (QED) is 0.186. The van der Waals surface area contributed by atoms with Gasteiger partial charge < -0.3 is 42.1 Å². The molecule has 4 amide bonds. The Morgan fingerprint density at radius 3 is 0.769 bits per heavy atom. The van der Waals surface area contributed by atoms with Crippen LogP contribution in [0.15, 0.2) is 0 Å². The lowest BCUT2D eigenvalue weighted by Gasteiger charge is -1.91. The molecule has 0 aliphatic carbocycles. The zero-order valence-electron chi connectivity index (χ0n) is 6.41. The molecule has 0 rings (SSSR count). The van der Waals surface area contributed by atoms with Gasteiger partial charge in [-0.05, 0) is 0 Å². The predicted octanol–water partition coefficient (Wildman–Crippen LogP) is -4.56. The fourth-order valence-corrected chi connectivity index (χ4v) is 0. The second-order valence-electron chi connectivity index (χ2n) is 1.40. The van der Waals surface area contributed by atoms with Crippen LogP contribution in [0.4, 0.5) is 9.59 Å². The van der Waals surface area contributed by atoms with Gasteiger partial charge in [0, 0.05) is 0 Å². The van der Waals surface area contributed by atoms with Crippen LogP contribution in [-0.4, -0.2) is 40.3 Å². The number of hydrogen-bond donors (Lipinski definition) is 8. The lowest BCUT2D eigenvalue weighted by Crippen LogP contribution is -2.33. The van der Waals surface area contributed by atoms with Crippen LogP contribution in [0.25, 0.3) is 0 Å². The Balaban J connectivity index is -0.000000117. The van der Waals surface area contributed by atoms with E-state index in [1.807, 2.05) is 0 Å². The molecule has 0 unspecified atom stereocenters. The fourth-order valence-electron chi connectivity index (χ4n) is 0. The van der Waals surface area contributed by atoms with E-state index < -0.39 is 21.1 Å². The van der Waals surface area contributed by atoms with Gasteiger partial charge in [-0.3, -0.25) is 0 Å². The zero-order valence-corrected chi connectivity index (χ0v) is 7.41. The second kappa shape index (κ2) is 8.69. The first kappa shape index (κ1) is 17.6. The van der Waals surface area contributed by atoms with E-state index in [4.69, 9.17) is 28.8 Å².